The fourth-order valence-corrected chi connectivity index (χ4v) is 2.12. The van der Waals surface area contributed by atoms with E-state index in [0.717, 1.165) is 10.3 Å². The Labute approximate surface area is 111 Å². The first kappa shape index (κ1) is 12.3. The van der Waals surface area contributed by atoms with Crippen LogP contribution < -0.4 is 0 Å². The highest BCUT2D eigenvalue weighted by atomic mass is 79.9. The summed E-state index contributed by atoms with van der Waals surface area (Å²) in [6, 6.07) is 14.6. The van der Waals surface area contributed by atoms with Gasteiger partial charge in [0.15, 0.2) is 0 Å². The number of halogens is 1. The first-order valence-corrected chi connectivity index (χ1v) is 6.49. The van der Waals surface area contributed by atoms with Crippen LogP contribution in [0, 0.1) is 0 Å². The molecule has 17 heavy (non-hydrogen) atoms. The van der Waals surface area contributed by atoms with E-state index in [1.165, 1.54) is 11.1 Å². The van der Waals surface area contributed by atoms with Crippen LogP contribution in [0.4, 0.5) is 0 Å². The van der Waals surface area contributed by atoms with Crippen LogP contribution in [0.5, 0.6) is 0 Å². The summed E-state index contributed by atoms with van der Waals surface area (Å²) in [6.45, 7) is 6.53. The molecule has 0 aliphatic rings. The molecule has 0 fully saturated rings. The minimum atomic E-state index is 0.0628. The van der Waals surface area contributed by atoms with E-state index in [2.05, 4.69) is 78.1 Å². The monoisotopic (exact) mass is 289 g/mol. The number of benzene rings is 1. The largest absolute Gasteiger partial charge is 0.245 e. The van der Waals surface area contributed by atoms with E-state index in [-0.39, 0.29) is 5.41 Å². The van der Waals surface area contributed by atoms with E-state index >= 15 is 0 Å². The quantitative estimate of drug-likeness (QED) is 0.687. The molecule has 1 aromatic carbocycles. The van der Waals surface area contributed by atoms with Crippen molar-refractivity contribution in [3.8, 4) is 11.1 Å². The molecular weight excluding hydrogens is 274 g/mol. The van der Waals surface area contributed by atoms with E-state index in [4.69, 9.17) is 0 Å². The second kappa shape index (κ2) is 4.61. The first-order valence-electron chi connectivity index (χ1n) is 5.70. The summed E-state index contributed by atoms with van der Waals surface area (Å²) in [4.78, 5) is 4.55. The van der Waals surface area contributed by atoms with Crippen LogP contribution in [0.25, 0.3) is 11.1 Å². The zero-order valence-corrected chi connectivity index (χ0v) is 12.0. The SMILES string of the molecule is CC(C)(C)c1cc(-c2ccccc2)cc(Br)n1. The third kappa shape index (κ3) is 2.95. The van der Waals surface area contributed by atoms with Gasteiger partial charge >= 0.3 is 0 Å². The van der Waals surface area contributed by atoms with E-state index in [1.807, 2.05) is 6.07 Å². The molecule has 0 N–H and O–H groups in total. The number of nitrogens with zero attached hydrogens (tertiary/aromatic N) is 1. The lowest BCUT2D eigenvalue weighted by atomic mass is 9.90. The molecule has 2 aromatic rings. The molecule has 2 heteroatoms. The topological polar surface area (TPSA) is 12.9 Å². The molecule has 0 saturated heterocycles. The summed E-state index contributed by atoms with van der Waals surface area (Å²) in [5.41, 5.74) is 3.59. The molecule has 0 amide bonds. The van der Waals surface area contributed by atoms with Gasteiger partial charge in [-0.05, 0) is 39.2 Å². The average Bonchev–Trinajstić information content (AvgIpc) is 2.28. The zero-order valence-electron chi connectivity index (χ0n) is 10.4. The van der Waals surface area contributed by atoms with E-state index < -0.39 is 0 Å². The van der Waals surface area contributed by atoms with Crippen molar-refractivity contribution in [3.05, 3.63) is 52.8 Å². The summed E-state index contributed by atoms with van der Waals surface area (Å²) in [5, 5.41) is 0. The molecular formula is C15H16BrN. The van der Waals surface area contributed by atoms with E-state index in [1.54, 1.807) is 0 Å². The lowest BCUT2D eigenvalue weighted by molar-refractivity contribution is 0.568. The molecule has 0 atom stereocenters. The number of rotatable bonds is 1. The molecule has 1 heterocycles. The Balaban J connectivity index is 2.54. The van der Waals surface area contributed by atoms with Crippen LogP contribution in [0.2, 0.25) is 0 Å². The second-order valence-corrected chi connectivity index (χ2v) is 5.99. The second-order valence-electron chi connectivity index (χ2n) is 5.18. The maximum Gasteiger partial charge on any atom is 0.107 e. The lowest BCUT2D eigenvalue weighted by Gasteiger charge is -2.19. The number of hydrogen-bond donors (Lipinski definition) is 0. The summed E-state index contributed by atoms with van der Waals surface area (Å²) in [5.74, 6) is 0. The highest BCUT2D eigenvalue weighted by Crippen LogP contribution is 2.28. The van der Waals surface area contributed by atoms with Crippen molar-refractivity contribution >= 4 is 15.9 Å². The molecule has 0 unspecified atom stereocenters. The van der Waals surface area contributed by atoms with Crippen molar-refractivity contribution in [2.45, 2.75) is 26.2 Å². The first-order chi connectivity index (χ1) is 7.97. The molecule has 2 rings (SSSR count). The lowest BCUT2D eigenvalue weighted by Crippen LogP contribution is -2.13. The smallest absolute Gasteiger partial charge is 0.107 e. The molecule has 1 aromatic heterocycles. The normalized spacial score (nSPS) is 11.5. The van der Waals surface area contributed by atoms with Gasteiger partial charge in [-0.1, -0.05) is 51.1 Å². The number of aromatic nitrogens is 1. The zero-order chi connectivity index (χ0) is 12.5. The molecule has 0 saturated carbocycles. The Morgan fingerprint density at radius 1 is 0.941 bits per heavy atom. The number of hydrogen-bond acceptors (Lipinski definition) is 1. The number of pyridine rings is 1. The van der Waals surface area contributed by atoms with Gasteiger partial charge in [-0.2, -0.15) is 0 Å². The molecule has 0 bridgehead atoms. The van der Waals surface area contributed by atoms with Crippen molar-refractivity contribution in [1.82, 2.24) is 4.98 Å². The molecule has 0 spiro atoms. The average molecular weight is 290 g/mol. The van der Waals surface area contributed by atoms with Gasteiger partial charge in [0.25, 0.3) is 0 Å². The Morgan fingerprint density at radius 3 is 2.18 bits per heavy atom. The minimum Gasteiger partial charge on any atom is -0.245 e. The molecule has 1 nitrogen and oxygen atoms in total. The third-order valence-electron chi connectivity index (χ3n) is 2.67. The summed E-state index contributed by atoms with van der Waals surface area (Å²) < 4.78 is 0.892. The Kier molecular flexibility index (Phi) is 3.34. The fourth-order valence-electron chi connectivity index (χ4n) is 1.68. The fraction of sp³-hybridized carbons (Fsp3) is 0.267. The molecule has 0 aliphatic heterocycles. The standard InChI is InChI=1S/C15H16BrN/c1-15(2,3)13-9-12(10-14(16)17-13)11-7-5-4-6-8-11/h4-10H,1-3H3. The van der Waals surface area contributed by atoms with Crippen molar-refractivity contribution in [1.29, 1.82) is 0 Å². The maximum atomic E-state index is 4.55. The van der Waals surface area contributed by atoms with Gasteiger partial charge in [-0.3, -0.25) is 0 Å². The minimum absolute atomic E-state index is 0.0628. The van der Waals surface area contributed by atoms with Crippen LogP contribution >= 0.6 is 15.9 Å². The van der Waals surface area contributed by atoms with Crippen LogP contribution in [0.1, 0.15) is 26.5 Å². The summed E-state index contributed by atoms with van der Waals surface area (Å²) >= 11 is 3.49. The van der Waals surface area contributed by atoms with Gasteiger partial charge in [-0.25, -0.2) is 4.98 Å². The van der Waals surface area contributed by atoms with Crippen molar-refractivity contribution in [3.63, 3.8) is 0 Å². The van der Waals surface area contributed by atoms with Crippen LogP contribution in [-0.4, -0.2) is 4.98 Å². The van der Waals surface area contributed by atoms with E-state index in [0.29, 0.717) is 0 Å². The van der Waals surface area contributed by atoms with Gasteiger partial charge in [0.1, 0.15) is 4.60 Å². The summed E-state index contributed by atoms with van der Waals surface area (Å²) in [6.07, 6.45) is 0. The maximum absolute atomic E-state index is 4.55. The Hall–Kier alpha value is -1.15. The van der Waals surface area contributed by atoms with Gasteiger partial charge in [0, 0.05) is 11.1 Å². The Morgan fingerprint density at radius 2 is 1.59 bits per heavy atom. The van der Waals surface area contributed by atoms with E-state index in [9.17, 15) is 0 Å². The predicted octanol–water partition coefficient (Wildman–Crippen LogP) is 4.81. The third-order valence-corrected chi connectivity index (χ3v) is 3.08. The van der Waals surface area contributed by atoms with Crippen LogP contribution in [0.15, 0.2) is 47.1 Å². The molecule has 0 radical (unpaired) electrons. The predicted molar refractivity (Wildman–Crippen MR) is 76.1 cm³/mol. The van der Waals surface area contributed by atoms with Crippen molar-refractivity contribution < 1.29 is 0 Å². The van der Waals surface area contributed by atoms with Crippen molar-refractivity contribution in [2.75, 3.05) is 0 Å². The Bertz CT molecular complexity index is 512. The van der Waals surface area contributed by atoms with Crippen LogP contribution in [0.3, 0.4) is 0 Å². The summed E-state index contributed by atoms with van der Waals surface area (Å²) in [7, 11) is 0. The highest BCUT2D eigenvalue weighted by molar-refractivity contribution is 9.10. The highest BCUT2D eigenvalue weighted by Gasteiger charge is 2.17. The van der Waals surface area contributed by atoms with Crippen LogP contribution in [-0.2, 0) is 5.41 Å². The van der Waals surface area contributed by atoms with Gasteiger partial charge in [0.2, 0.25) is 0 Å². The van der Waals surface area contributed by atoms with Gasteiger partial charge < -0.3 is 0 Å². The van der Waals surface area contributed by atoms with Crippen molar-refractivity contribution in [2.24, 2.45) is 0 Å². The van der Waals surface area contributed by atoms with Gasteiger partial charge in [0.05, 0.1) is 0 Å². The van der Waals surface area contributed by atoms with Gasteiger partial charge in [-0.15, -0.1) is 0 Å². The molecule has 0 aliphatic carbocycles. The molecule has 88 valence electrons.